The number of carbonyl (C=O) groups excluding carboxylic acids is 1. The summed E-state index contributed by atoms with van der Waals surface area (Å²) in [7, 11) is 0. The summed E-state index contributed by atoms with van der Waals surface area (Å²) in [5.74, 6) is 1.31. The Labute approximate surface area is 207 Å². The first-order chi connectivity index (χ1) is 16.5. The molecule has 2 saturated heterocycles. The Bertz CT molecular complexity index is 909. The highest BCUT2D eigenvalue weighted by Gasteiger charge is 2.38. The van der Waals surface area contributed by atoms with E-state index in [9.17, 15) is 19.8 Å². The molecule has 9 nitrogen and oxygen atoms in total. The maximum absolute atomic E-state index is 13.0. The van der Waals surface area contributed by atoms with Gasteiger partial charge in [-0.2, -0.15) is 5.26 Å². The van der Waals surface area contributed by atoms with Gasteiger partial charge in [-0.15, -0.1) is 0 Å². The molecule has 9 heteroatoms. The van der Waals surface area contributed by atoms with Crippen LogP contribution in [0, 0.1) is 23.2 Å². The van der Waals surface area contributed by atoms with Gasteiger partial charge < -0.3 is 24.7 Å². The zero-order valence-electron chi connectivity index (χ0n) is 21.2. The molecule has 2 fully saturated rings. The molecule has 0 saturated carbocycles. The number of β-amino-alcohol motifs (C(OH)–C–C–N with tert-alkyl or cyclic N) is 1. The van der Waals surface area contributed by atoms with Crippen molar-refractivity contribution in [2.24, 2.45) is 11.8 Å². The summed E-state index contributed by atoms with van der Waals surface area (Å²) in [5, 5.41) is 29.0. The summed E-state index contributed by atoms with van der Waals surface area (Å²) in [6.45, 7) is 11.0. The number of benzene rings is 1. The monoisotopic (exact) mass is 486 g/mol. The molecule has 0 spiro atoms. The normalized spacial score (nSPS) is 22.1. The fourth-order valence-electron chi connectivity index (χ4n) is 5.52. The average Bonchev–Trinajstić information content (AvgIpc) is 2.76. The van der Waals surface area contributed by atoms with Crippen LogP contribution in [0.4, 0.5) is 4.79 Å². The van der Waals surface area contributed by atoms with Gasteiger partial charge in [-0.3, -0.25) is 9.69 Å². The number of carboxylic acid groups (broad SMARTS) is 1. The lowest BCUT2D eigenvalue weighted by Crippen LogP contribution is -2.56. The van der Waals surface area contributed by atoms with E-state index in [1.807, 2.05) is 25.7 Å². The number of fused-ring (bicyclic) bond motifs is 2. The van der Waals surface area contributed by atoms with E-state index in [-0.39, 0.29) is 18.9 Å². The first kappa shape index (κ1) is 26.8. The fourth-order valence-corrected chi connectivity index (χ4v) is 5.52. The van der Waals surface area contributed by atoms with Gasteiger partial charge in [-0.05, 0) is 70.2 Å². The molecule has 0 aliphatic carbocycles. The molecule has 35 heavy (non-hydrogen) atoms. The highest BCUT2D eigenvalue weighted by Crippen LogP contribution is 2.30. The molecular formula is C26H38N4O5. The Kier molecular flexibility index (Phi) is 8.62. The predicted octanol–water partition coefficient (Wildman–Crippen LogP) is 2.64. The molecule has 2 N–H and O–H groups in total. The van der Waals surface area contributed by atoms with Gasteiger partial charge >= 0.3 is 6.09 Å². The lowest BCUT2D eigenvalue weighted by Gasteiger charge is -2.46. The van der Waals surface area contributed by atoms with E-state index in [0.29, 0.717) is 42.8 Å². The highest BCUT2D eigenvalue weighted by molar-refractivity contribution is 5.78. The van der Waals surface area contributed by atoms with Gasteiger partial charge in [-0.1, -0.05) is 0 Å². The Hall–Kier alpha value is -2.83. The van der Waals surface area contributed by atoms with E-state index < -0.39 is 23.8 Å². The lowest BCUT2D eigenvalue weighted by atomic mass is 9.84. The molecule has 4 unspecified atom stereocenters. The van der Waals surface area contributed by atoms with E-state index >= 15 is 0 Å². The van der Waals surface area contributed by atoms with Crippen LogP contribution in [0.3, 0.4) is 0 Å². The minimum atomic E-state index is -1.01. The summed E-state index contributed by atoms with van der Waals surface area (Å²) in [4.78, 5) is 30.3. The Morgan fingerprint density at radius 2 is 1.77 bits per heavy atom. The maximum Gasteiger partial charge on any atom is 0.407 e. The van der Waals surface area contributed by atoms with Crippen LogP contribution < -0.4 is 4.74 Å². The number of aliphatic hydroxyl groups excluding tert-OH is 1. The van der Waals surface area contributed by atoms with Crippen LogP contribution in [0.2, 0.25) is 0 Å². The van der Waals surface area contributed by atoms with Gasteiger partial charge in [0.25, 0.3) is 0 Å². The van der Waals surface area contributed by atoms with Crippen LogP contribution in [-0.4, -0.2) is 93.9 Å². The largest absolute Gasteiger partial charge is 0.491 e. The van der Waals surface area contributed by atoms with Gasteiger partial charge in [0.15, 0.2) is 0 Å². The molecule has 1 aromatic carbocycles. The molecule has 0 radical (unpaired) electrons. The Morgan fingerprint density at radius 1 is 1.17 bits per heavy atom. The number of ether oxygens (including phenoxy) is 1. The van der Waals surface area contributed by atoms with E-state index in [2.05, 4.69) is 11.0 Å². The fraction of sp³-hybridized carbons (Fsp3) is 0.654. The van der Waals surface area contributed by atoms with Gasteiger partial charge in [0.05, 0.1) is 11.6 Å². The summed E-state index contributed by atoms with van der Waals surface area (Å²) in [6, 6.07) is 8.48. The van der Waals surface area contributed by atoms with Crippen molar-refractivity contribution in [2.75, 3.05) is 39.3 Å². The van der Waals surface area contributed by atoms with Crippen LogP contribution in [-0.2, 0) is 4.79 Å². The van der Waals surface area contributed by atoms with Crippen LogP contribution in [0.25, 0.3) is 0 Å². The quantitative estimate of drug-likeness (QED) is 0.580. The number of carbonyl (C=O) groups is 2. The van der Waals surface area contributed by atoms with Gasteiger partial charge in [0.2, 0.25) is 5.91 Å². The molecule has 2 bridgehead atoms. The van der Waals surface area contributed by atoms with Crippen molar-refractivity contribution in [3.63, 3.8) is 0 Å². The number of hydrogen-bond acceptors (Lipinski definition) is 6. The topological polar surface area (TPSA) is 117 Å². The Balaban J connectivity index is 1.47. The van der Waals surface area contributed by atoms with E-state index in [1.54, 1.807) is 31.2 Å². The second-order valence-corrected chi connectivity index (χ2v) is 11.0. The van der Waals surface area contributed by atoms with Crippen molar-refractivity contribution in [3.05, 3.63) is 29.8 Å². The molecular weight excluding hydrogens is 448 g/mol. The first-order valence-electron chi connectivity index (χ1n) is 12.3. The van der Waals surface area contributed by atoms with Crippen molar-refractivity contribution < 1.29 is 24.5 Å². The summed E-state index contributed by atoms with van der Waals surface area (Å²) < 4.78 is 5.66. The molecule has 2 aliphatic rings. The molecule has 2 amide bonds. The smallest absolute Gasteiger partial charge is 0.407 e. The number of nitriles is 1. The number of rotatable bonds is 8. The van der Waals surface area contributed by atoms with Gasteiger partial charge in [-0.25, -0.2) is 4.79 Å². The van der Waals surface area contributed by atoms with Crippen LogP contribution in [0.15, 0.2) is 24.3 Å². The zero-order valence-corrected chi connectivity index (χ0v) is 21.2. The molecule has 1 aromatic rings. The lowest BCUT2D eigenvalue weighted by molar-refractivity contribution is -0.137. The number of nitrogens with zero attached hydrogens (tertiary/aromatic N) is 4. The maximum atomic E-state index is 13.0. The van der Waals surface area contributed by atoms with Crippen LogP contribution >= 0.6 is 0 Å². The minimum Gasteiger partial charge on any atom is -0.491 e. The number of amides is 2. The summed E-state index contributed by atoms with van der Waals surface area (Å²) in [6.07, 6.45) is -0.400. The summed E-state index contributed by atoms with van der Waals surface area (Å²) >= 11 is 0. The predicted molar refractivity (Wildman–Crippen MR) is 131 cm³/mol. The number of aliphatic hydroxyl groups is 1. The van der Waals surface area contributed by atoms with Gasteiger partial charge in [0, 0.05) is 50.7 Å². The first-order valence-corrected chi connectivity index (χ1v) is 12.3. The van der Waals surface area contributed by atoms with Crippen molar-refractivity contribution in [2.45, 2.75) is 58.2 Å². The molecule has 2 aliphatic heterocycles. The van der Waals surface area contributed by atoms with Crippen molar-refractivity contribution in [1.29, 1.82) is 5.26 Å². The second kappa shape index (κ2) is 11.3. The van der Waals surface area contributed by atoms with Crippen LogP contribution in [0.1, 0.15) is 46.1 Å². The van der Waals surface area contributed by atoms with Gasteiger partial charge in [0.1, 0.15) is 18.5 Å². The molecule has 0 aromatic heterocycles. The van der Waals surface area contributed by atoms with Crippen molar-refractivity contribution >= 4 is 12.0 Å². The number of likely N-dealkylation sites (tertiary alicyclic amines) is 2. The third-order valence-corrected chi connectivity index (χ3v) is 6.74. The van der Waals surface area contributed by atoms with Crippen molar-refractivity contribution in [1.82, 2.24) is 14.7 Å². The summed E-state index contributed by atoms with van der Waals surface area (Å²) in [5.41, 5.74) is -0.0112. The Morgan fingerprint density at radius 3 is 2.29 bits per heavy atom. The van der Waals surface area contributed by atoms with E-state index in [1.165, 1.54) is 4.90 Å². The van der Waals surface area contributed by atoms with E-state index in [4.69, 9.17) is 10.00 Å². The van der Waals surface area contributed by atoms with Crippen molar-refractivity contribution in [3.8, 4) is 11.8 Å². The number of hydrogen-bond donors (Lipinski definition) is 2. The molecule has 192 valence electrons. The number of piperidine rings is 2. The molecule has 3 rings (SSSR count). The third kappa shape index (κ3) is 7.33. The third-order valence-electron chi connectivity index (χ3n) is 6.74. The zero-order chi connectivity index (χ0) is 25.8. The molecule has 4 atom stereocenters. The highest BCUT2D eigenvalue weighted by atomic mass is 16.5. The van der Waals surface area contributed by atoms with E-state index in [0.717, 1.165) is 19.5 Å². The molecule has 2 heterocycles. The standard InChI is InChI=1S/C26H38N4O5/c1-18(30(25(33)34)26(2,3)4)9-24(32)29-14-20-10-21(15-29)13-28(12-20)16-22(31)17-35-23-7-5-19(11-27)6-8-23/h5-8,18,20-22,31H,9-10,12-17H2,1-4H3,(H,33,34). The second-order valence-electron chi connectivity index (χ2n) is 11.0. The SMILES string of the molecule is CC(CC(=O)N1CC2CC(CN(CC(O)COc3ccc(C#N)cc3)C2)C1)N(C(=O)O)C(C)(C)C. The van der Waals surface area contributed by atoms with Crippen LogP contribution in [0.5, 0.6) is 5.75 Å². The minimum absolute atomic E-state index is 0.00648. The average molecular weight is 487 g/mol.